The topological polar surface area (TPSA) is 83.5 Å². The van der Waals surface area contributed by atoms with Crippen molar-refractivity contribution in [2.75, 3.05) is 6.54 Å². The monoisotopic (exact) mass is 297 g/mol. The van der Waals surface area contributed by atoms with Crippen LogP contribution in [0.5, 0.6) is 0 Å². The van der Waals surface area contributed by atoms with Gasteiger partial charge >= 0.3 is 5.97 Å². The van der Waals surface area contributed by atoms with Gasteiger partial charge in [0.15, 0.2) is 0 Å². The zero-order chi connectivity index (χ0) is 15.2. The van der Waals surface area contributed by atoms with Crippen molar-refractivity contribution in [3.8, 4) is 0 Å². The zero-order valence-corrected chi connectivity index (χ0v) is 12.4. The van der Waals surface area contributed by atoms with Gasteiger partial charge < -0.3 is 5.11 Å². The van der Waals surface area contributed by atoms with Crippen molar-refractivity contribution in [3.05, 3.63) is 35.4 Å². The smallest absolute Gasteiger partial charge is 0.331 e. The number of unbranched alkanes of at least 4 members (excludes halogenated alkanes) is 1. The Balaban J connectivity index is 3.13. The van der Waals surface area contributed by atoms with E-state index in [1.165, 1.54) is 19.1 Å². The minimum Gasteiger partial charge on any atom is -0.478 e. The number of rotatable bonds is 7. The van der Waals surface area contributed by atoms with Crippen LogP contribution in [0.2, 0.25) is 0 Å². The van der Waals surface area contributed by atoms with Crippen LogP contribution in [-0.4, -0.2) is 26.0 Å². The second-order valence-corrected chi connectivity index (χ2v) is 6.16. The van der Waals surface area contributed by atoms with Crippen molar-refractivity contribution in [2.24, 2.45) is 0 Å². The fourth-order valence-corrected chi connectivity index (χ4v) is 2.86. The van der Waals surface area contributed by atoms with Gasteiger partial charge in [-0.3, -0.25) is 0 Å². The average Bonchev–Trinajstić information content (AvgIpc) is 2.39. The third kappa shape index (κ3) is 4.47. The van der Waals surface area contributed by atoms with Crippen molar-refractivity contribution >= 4 is 22.1 Å². The first-order chi connectivity index (χ1) is 9.38. The summed E-state index contributed by atoms with van der Waals surface area (Å²) in [5, 5.41) is 8.88. The maximum Gasteiger partial charge on any atom is 0.331 e. The SMILES string of the molecule is CCCCNS(=O)(=O)c1ccccc1/C=C(\C)C(=O)O. The fourth-order valence-electron chi connectivity index (χ4n) is 1.60. The number of aliphatic carboxylic acids is 1. The van der Waals surface area contributed by atoms with Gasteiger partial charge in [0.05, 0.1) is 4.90 Å². The Morgan fingerprint density at radius 3 is 2.60 bits per heavy atom. The molecule has 110 valence electrons. The van der Waals surface area contributed by atoms with Gasteiger partial charge in [-0.2, -0.15) is 0 Å². The van der Waals surface area contributed by atoms with E-state index in [4.69, 9.17) is 5.11 Å². The van der Waals surface area contributed by atoms with E-state index in [-0.39, 0.29) is 10.5 Å². The molecule has 0 aliphatic heterocycles. The Morgan fingerprint density at radius 1 is 1.35 bits per heavy atom. The van der Waals surface area contributed by atoms with Gasteiger partial charge in [-0.15, -0.1) is 0 Å². The molecule has 20 heavy (non-hydrogen) atoms. The van der Waals surface area contributed by atoms with Gasteiger partial charge in [0.2, 0.25) is 10.0 Å². The van der Waals surface area contributed by atoms with Gasteiger partial charge in [0.1, 0.15) is 0 Å². The molecule has 0 amide bonds. The van der Waals surface area contributed by atoms with E-state index in [9.17, 15) is 13.2 Å². The first kappa shape index (κ1) is 16.4. The van der Waals surface area contributed by atoms with Gasteiger partial charge in [0, 0.05) is 12.1 Å². The summed E-state index contributed by atoms with van der Waals surface area (Å²) in [7, 11) is -3.62. The van der Waals surface area contributed by atoms with Crippen LogP contribution < -0.4 is 4.72 Å². The van der Waals surface area contributed by atoms with E-state index >= 15 is 0 Å². The Morgan fingerprint density at radius 2 is 2.00 bits per heavy atom. The lowest BCUT2D eigenvalue weighted by atomic mass is 10.1. The molecule has 1 aromatic carbocycles. The summed E-state index contributed by atoms with van der Waals surface area (Å²) in [6, 6.07) is 6.34. The van der Waals surface area contributed by atoms with E-state index in [0.717, 1.165) is 12.8 Å². The molecule has 6 heteroatoms. The van der Waals surface area contributed by atoms with Crippen molar-refractivity contribution in [1.29, 1.82) is 0 Å². The molecule has 0 unspecified atom stereocenters. The molecule has 0 aromatic heterocycles. The Hall–Kier alpha value is -1.66. The van der Waals surface area contributed by atoms with Crippen molar-refractivity contribution in [3.63, 3.8) is 0 Å². The maximum absolute atomic E-state index is 12.2. The third-order valence-corrected chi connectivity index (χ3v) is 4.28. The van der Waals surface area contributed by atoms with E-state index in [1.54, 1.807) is 18.2 Å². The first-order valence-corrected chi connectivity index (χ1v) is 7.87. The van der Waals surface area contributed by atoms with Gasteiger partial charge in [-0.05, 0) is 31.1 Å². The molecule has 0 heterocycles. The van der Waals surface area contributed by atoms with Crippen LogP contribution in [0.1, 0.15) is 32.3 Å². The lowest BCUT2D eigenvalue weighted by Crippen LogP contribution is -2.25. The highest BCUT2D eigenvalue weighted by Crippen LogP contribution is 2.18. The standard InChI is InChI=1S/C14H19NO4S/c1-3-4-9-15-20(18,19)13-8-6-5-7-12(13)10-11(2)14(16)17/h5-8,10,15H,3-4,9H2,1-2H3,(H,16,17)/b11-10+. The molecule has 1 rings (SSSR count). The molecule has 0 radical (unpaired) electrons. The summed E-state index contributed by atoms with van der Waals surface area (Å²) < 4.78 is 26.9. The highest BCUT2D eigenvalue weighted by atomic mass is 32.2. The van der Waals surface area contributed by atoms with Crippen molar-refractivity contribution < 1.29 is 18.3 Å². The van der Waals surface area contributed by atoms with Crippen LogP contribution in [0, 0.1) is 0 Å². The number of benzene rings is 1. The Bertz CT molecular complexity index is 605. The molecule has 0 aliphatic carbocycles. The fraction of sp³-hybridized carbons (Fsp3) is 0.357. The lowest BCUT2D eigenvalue weighted by Gasteiger charge is -2.09. The van der Waals surface area contributed by atoms with Gasteiger partial charge in [-0.25, -0.2) is 17.9 Å². The Labute approximate surface area is 119 Å². The number of carboxylic acid groups (broad SMARTS) is 1. The number of nitrogens with one attached hydrogen (secondary N) is 1. The van der Waals surface area contributed by atoms with E-state index in [0.29, 0.717) is 12.1 Å². The highest BCUT2D eigenvalue weighted by molar-refractivity contribution is 7.89. The third-order valence-electron chi connectivity index (χ3n) is 2.74. The lowest BCUT2D eigenvalue weighted by molar-refractivity contribution is -0.132. The first-order valence-electron chi connectivity index (χ1n) is 6.38. The summed E-state index contributed by atoms with van der Waals surface area (Å²) >= 11 is 0. The molecule has 0 atom stereocenters. The minimum atomic E-state index is -3.62. The van der Waals surface area contributed by atoms with E-state index < -0.39 is 16.0 Å². The molecule has 5 nitrogen and oxygen atoms in total. The summed E-state index contributed by atoms with van der Waals surface area (Å²) in [5.41, 5.74) is 0.456. The molecule has 0 fully saturated rings. The summed E-state index contributed by atoms with van der Waals surface area (Å²) in [6.07, 6.45) is 3.00. The summed E-state index contributed by atoms with van der Waals surface area (Å²) in [6.45, 7) is 3.77. The largest absolute Gasteiger partial charge is 0.478 e. The van der Waals surface area contributed by atoms with Gasteiger partial charge in [0.25, 0.3) is 0 Å². The minimum absolute atomic E-state index is 0.0845. The van der Waals surface area contributed by atoms with Crippen LogP contribution in [0.4, 0.5) is 0 Å². The number of hydrogen-bond donors (Lipinski definition) is 2. The number of sulfonamides is 1. The predicted octanol–water partition coefficient (Wildman–Crippen LogP) is 2.25. The predicted molar refractivity (Wildman–Crippen MR) is 77.8 cm³/mol. The van der Waals surface area contributed by atoms with Crippen LogP contribution >= 0.6 is 0 Å². The second kappa shape index (κ2) is 7.21. The molecule has 0 aliphatic rings. The molecule has 0 bridgehead atoms. The van der Waals surface area contributed by atoms with Crippen LogP contribution in [0.3, 0.4) is 0 Å². The molecular weight excluding hydrogens is 278 g/mol. The molecule has 0 saturated carbocycles. The second-order valence-electron chi connectivity index (χ2n) is 4.42. The van der Waals surface area contributed by atoms with Crippen molar-refractivity contribution in [1.82, 2.24) is 4.72 Å². The maximum atomic E-state index is 12.2. The zero-order valence-electron chi connectivity index (χ0n) is 11.6. The summed E-state index contributed by atoms with van der Waals surface area (Å²) in [5.74, 6) is -1.07. The molecule has 0 spiro atoms. The number of carbonyl (C=O) groups is 1. The van der Waals surface area contributed by atoms with Crippen molar-refractivity contribution in [2.45, 2.75) is 31.6 Å². The molecule has 0 saturated heterocycles. The van der Waals surface area contributed by atoms with E-state index in [1.807, 2.05) is 6.92 Å². The quantitative estimate of drug-likeness (QED) is 0.597. The van der Waals surface area contributed by atoms with Gasteiger partial charge in [-0.1, -0.05) is 31.5 Å². The van der Waals surface area contributed by atoms with Crippen LogP contribution in [0.15, 0.2) is 34.7 Å². The van der Waals surface area contributed by atoms with Crippen LogP contribution in [-0.2, 0) is 14.8 Å². The highest BCUT2D eigenvalue weighted by Gasteiger charge is 2.16. The average molecular weight is 297 g/mol. The van der Waals surface area contributed by atoms with Crippen LogP contribution in [0.25, 0.3) is 6.08 Å². The number of hydrogen-bond acceptors (Lipinski definition) is 3. The number of carboxylic acids is 1. The molecular formula is C14H19NO4S. The molecule has 2 N–H and O–H groups in total. The Kier molecular flexibility index (Phi) is 5.91. The molecule has 1 aromatic rings. The normalized spacial score (nSPS) is 12.4. The summed E-state index contributed by atoms with van der Waals surface area (Å²) in [4.78, 5) is 10.9. The van der Waals surface area contributed by atoms with E-state index in [2.05, 4.69) is 4.72 Å².